The summed E-state index contributed by atoms with van der Waals surface area (Å²) >= 11 is 1.38. The Morgan fingerprint density at radius 2 is 1.96 bits per heavy atom. The molecule has 0 radical (unpaired) electrons. The molecule has 0 saturated heterocycles. The third-order valence-electron chi connectivity index (χ3n) is 4.11. The summed E-state index contributed by atoms with van der Waals surface area (Å²) < 4.78 is 32.4. The van der Waals surface area contributed by atoms with Crippen molar-refractivity contribution >= 4 is 37.3 Å². The first kappa shape index (κ1) is 19.3. The summed E-state index contributed by atoms with van der Waals surface area (Å²) in [5.74, 6) is 0.271. The maximum absolute atomic E-state index is 12.6. The minimum Gasteiger partial charge on any atom is -0.494 e. The van der Waals surface area contributed by atoms with E-state index in [-0.39, 0.29) is 16.2 Å². The molecule has 0 aliphatic heterocycles. The SMILES string of the molecule is CCOc1ccc2c(c1)sc(=NC(=O)c1cccc(S(=O)(=O)CC)c1)n2C. The van der Waals surface area contributed by atoms with E-state index in [9.17, 15) is 13.2 Å². The van der Waals surface area contributed by atoms with Crippen LogP contribution in [-0.2, 0) is 16.9 Å². The summed E-state index contributed by atoms with van der Waals surface area (Å²) in [5, 5.41) is 0. The number of carbonyl (C=O) groups is 1. The van der Waals surface area contributed by atoms with Crippen molar-refractivity contribution in [1.82, 2.24) is 4.57 Å². The number of amides is 1. The van der Waals surface area contributed by atoms with Crippen LogP contribution in [0.4, 0.5) is 0 Å². The Balaban J connectivity index is 2.03. The summed E-state index contributed by atoms with van der Waals surface area (Å²) in [7, 11) is -1.54. The fraction of sp³-hybridized carbons (Fsp3) is 0.263. The fourth-order valence-corrected chi connectivity index (χ4v) is 4.59. The van der Waals surface area contributed by atoms with E-state index in [0.29, 0.717) is 11.4 Å². The molecule has 3 rings (SSSR count). The van der Waals surface area contributed by atoms with Crippen LogP contribution < -0.4 is 9.54 Å². The number of sulfone groups is 1. The van der Waals surface area contributed by atoms with Crippen molar-refractivity contribution < 1.29 is 17.9 Å². The molecule has 3 aromatic rings. The van der Waals surface area contributed by atoms with E-state index in [1.54, 1.807) is 19.1 Å². The van der Waals surface area contributed by atoms with Crippen molar-refractivity contribution in [3.63, 3.8) is 0 Å². The molecule has 0 N–H and O–H groups in total. The lowest BCUT2D eigenvalue weighted by molar-refractivity contribution is 0.0997. The molecule has 6 nitrogen and oxygen atoms in total. The molecule has 0 fully saturated rings. The topological polar surface area (TPSA) is 77.7 Å². The Labute approximate surface area is 161 Å². The molecule has 1 heterocycles. The van der Waals surface area contributed by atoms with Crippen molar-refractivity contribution in [3.8, 4) is 5.75 Å². The van der Waals surface area contributed by atoms with E-state index in [4.69, 9.17) is 4.74 Å². The van der Waals surface area contributed by atoms with Gasteiger partial charge in [0.05, 0.1) is 27.5 Å². The molecule has 0 saturated carbocycles. The molecular formula is C19H20N2O4S2. The molecule has 2 aromatic carbocycles. The van der Waals surface area contributed by atoms with Crippen LogP contribution in [0.1, 0.15) is 24.2 Å². The number of hydrogen-bond acceptors (Lipinski definition) is 5. The molecule has 0 bridgehead atoms. The van der Waals surface area contributed by atoms with Crippen LogP contribution in [0.3, 0.4) is 0 Å². The van der Waals surface area contributed by atoms with Gasteiger partial charge in [-0.2, -0.15) is 4.99 Å². The monoisotopic (exact) mass is 404 g/mol. The Hall–Kier alpha value is -2.45. The van der Waals surface area contributed by atoms with Gasteiger partial charge in [-0.1, -0.05) is 24.3 Å². The molecule has 1 amide bonds. The minimum atomic E-state index is -3.38. The van der Waals surface area contributed by atoms with Crippen molar-refractivity contribution in [2.24, 2.45) is 12.0 Å². The van der Waals surface area contributed by atoms with Gasteiger partial charge in [0.2, 0.25) is 0 Å². The van der Waals surface area contributed by atoms with Crippen LogP contribution in [0.2, 0.25) is 0 Å². The highest BCUT2D eigenvalue weighted by Gasteiger charge is 2.14. The first-order chi connectivity index (χ1) is 12.9. The average molecular weight is 405 g/mol. The van der Waals surface area contributed by atoms with Gasteiger partial charge in [0.1, 0.15) is 5.75 Å². The van der Waals surface area contributed by atoms with E-state index in [2.05, 4.69) is 4.99 Å². The van der Waals surface area contributed by atoms with Crippen molar-refractivity contribution in [3.05, 3.63) is 52.8 Å². The third kappa shape index (κ3) is 3.96. The average Bonchev–Trinajstić information content (AvgIpc) is 2.97. The van der Waals surface area contributed by atoms with Crippen molar-refractivity contribution in [2.45, 2.75) is 18.7 Å². The largest absolute Gasteiger partial charge is 0.494 e. The normalized spacial score (nSPS) is 12.5. The number of thiazole rings is 1. The van der Waals surface area contributed by atoms with Crippen molar-refractivity contribution in [2.75, 3.05) is 12.4 Å². The second-order valence-electron chi connectivity index (χ2n) is 5.85. The second kappa shape index (κ2) is 7.66. The highest BCUT2D eigenvalue weighted by Crippen LogP contribution is 2.23. The standard InChI is InChI=1S/C19H20N2O4S2/c1-4-25-14-9-10-16-17(12-14)26-19(21(16)3)20-18(22)13-7-6-8-15(11-13)27(23,24)5-2/h6-12H,4-5H2,1-3H3. The van der Waals surface area contributed by atoms with E-state index in [1.165, 1.54) is 23.5 Å². The van der Waals surface area contributed by atoms with E-state index in [0.717, 1.165) is 16.0 Å². The highest BCUT2D eigenvalue weighted by atomic mass is 32.2. The predicted molar refractivity (Wildman–Crippen MR) is 106 cm³/mol. The number of aryl methyl sites for hydroxylation is 1. The molecule has 0 unspecified atom stereocenters. The van der Waals surface area contributed by atoms with E-state index in [1.807, 2.05) is 36.7 Å². The van der Waals surface area contributed by atoms with Crippen LogP contribution >= 0.6 is 11.3 Å². The zero-order valence-corrected chi connectivity index (χ0v) is 16.9. The number of ether oxygens (including phenoxy) is 1. The highest BCUT2D eigenvalue weighted by molar-refractivity contribution is 7.91. The smallest absolute Gasteiger partial charge is 0.279 e. The number of fused-ring (bicyclic) bond motifs is 1. The van der Waals surface area contributed by atoms with E-state index >= 15 is 0 Å². The van der Waals surface area contributed by atoms with Gasteiger partial charge < -0.3 is 9.30 Å². The van der Waals surface area contributed by atoms with Crippen LogP contribution in [0, 0.1) is 0 Å². The van der Waals surface area contributed by atoms with Gasteiger partial charge in [0.15, 0.2) is 14.6 Å². The second-order valence-corrected chi connectivity index (χ2v) is 9.14. The summed E-state index contributed by atoms with van der Waals surface area (Å²) in [6, 6.07) is 11.7. The Kier molecular flexibility index (Phi) is 5.48. The number of aromatic nitrogens is 1. The molecule has 27 heavy (non-hydrogen) atoms. The summed E-state index contributed by atoms with van der Waals surface area (Å²) in [4.78, 5) is 17.5. The van der Waals surface area contributed by atoms with Gasteiger partial charge in [-0.15, -0.1) is 0 Å². The molecule has 0 spiro atoms. The molecule has 0 atom stereocenters. The molecule has 0 aliphatic rings. The molecule has 142 valence electrons. The lowest BCUT2D eigenvalue weighted by Gasteiger charge is -2.03. The van der Waals surface area contributed by atoms with E-state index < -0.39 is 15.7 Å². The maximum Gasteiger partial charge on any atom is 0.279 e. The first-order valence-corrected chi connectivity index (χ1v) is 11.0. The first-order valence-electron chi connectivity index (χ1n) is 8.50. The Morgan fingerprint density at radius 3 is 2.67 bits per heavy atom. The van der Waals surface area contributed by atoms with Crippen molar-refractivity contribution in [1.29, 1.82) is 0 Å². The quantitative estimate of drug-likeness (QED) is 0.654. The zero-order chi connectivity index (χ0) is 19.6. The lowest BCUT2D eigenvalue weighted by atomic mass is 10.2. The summed E-state index contributed by atoms with van der Waals surface area (Å²) in [6.07, 6.45) is 0. The van der Waals surface area contributed by atoms with Gasteiger partial charge >= 0.3 is 0 Å². The van der Waals surface area contributed by atoms with Gasteiger partial charge in [-0.3, -0.25) is 4.79 Å². The minimum absolute atomic E-state index is 0.0186. The predicted octanol–water partition coefficient (Wildman–Crippen LogP) is 3.17. The number of benzene rings is 2. The maximum atomic E-state index is 12.6. The summed E-state index contributed by atoms with van der Waals surface area (Å²) in [6.45, 7) is 4.07. The van der Waals surface area contributed by atoms with Gasteiger partial charge in [-0.25, -0.2) is 8.42 Å². The van der Waals surface area contributed by atoms with Gasteiger partial charge in [0.25, 0.3) is 5.91 Å². The number of nitrogens with zero attached hydrogens (tertiary/aromatic N) is 2. The number of hydrogen-bond donors (Lipinski definition) is 0. The van der Waals surface area contributed by atoms with Gasteiger partial charge in [-0.05, 0) is 43.3 Å². The Morgan fingerprint density at radius 1 is 1.19 bits per heavy atom. The van der Waals surface area contributed by atoms with Gasteiger partial charge in [0, 0.05) is 12.6 Å². The van der Waals surface area contributed by atoms with Crippen LogP contribution in [-0.4, -0.2) is 31.3 Å². The molecule has 1 aromatic heterocycles. The zero-order valence-electron chi connectivity index (χ0n) is 15.3. The molecule has 0 aliphatic carbocycles. The molecular weight excluding hydrogens is 384 g/mol. The third-order valence-corrected chi connectivity index (χ3v) is 6.94. The lowest BCUT2D eigenvalue weighted by Crippen LogP contribution is -2.13. The van der Waals surface area contributed by atoms with Crippen LogP contribution in [0.5, 0.6) is 5.75 Å². The fourth-order valence-electron chi connectivity index (χ4n) is 2.62. The number of rotatable bonds is 5. The Bertz CT molecular complexity index is 1170. The number of carbonyl (C=O) groups excluding carboxylic acids is 1. The van der Waals surface area contributed by atoms with Crippen LogP contribution in [0.25, 0.3) is 10.2 Å². The summed E-state index contributed by atoms with van der Waals surface area (Å²) in [5.41, 5.74) is 1.19. The van der Waals surface area contributed by atoms with Crippen LogP contribution in [0.15, 0.2) is 52.4 Å². The molecule has 8 heteroatoms.